The Morgan fingerprint density at radius 1 is 1.11 bits per heavy atom. The molecule has 104 valence electrons. The van der Waals surface area contributed by atoms with Crippen LogP contribution >= 0.6 is 12.4 Å². The molecular weight excluding hydrogens is 306 g/mol. The van der Waals surface area contributed by atoms with Crippen LogP contribution in [0.3, 0.4) is 0 Å². The van der Waals surface area contributed by atoms with Gasteiger partial charge < -0.3 is 5.73 Å². The summed E-state index contributed by atoms with van der Waals surface area (Å²) in [6.07, 6.45) is 0. The zero-order valence-corrected chi connectivity index (χ0v) is 11.5. The second kappa shape index (κ2) is 6.34. The quantitative estimate of drug-likeness (QED) is 0.590. The van der Waals surface area contributed by atoms with Crippen molar-refractivity contribution in [2.75, 3.05) is 18.1 Å². The summed E-state index contributed by atoms with van der Waals surface area (Å²) in [6, 6.07) is 5.43. The number of hydrogen-bond donors (Lipinski definition) is 2. The number of anilines is 1. The number of benzene rings is 1. The van der Waals surface area contributed by atoms with Gasteiger partial charge in [-0.25, -0.2) is 12.6 Å². The predicted molar refractivity (Wildman–Crippen MR) is 67.7 cm³/mol. The van der Waals surface area contributed by atoms with E-state index < -0.39 is 32.6 Å². The molecule has 18 heavy (non-hydrogen) atoms. The Morgan fingerprint density at radius 2 is 1.61 bits per heavy atom. The Hall–Kier alpha value is -0.870. The van der Waals surface area contributed by atoms with Gasteiger partial charge in [0.1, 0.15) is 0 Å². The molecule has 0 saturated carbocycles. The highest BCUT2D eigenvalue weighted by molar-refractivity contribution is 7.91. The summed E-state index contributed by atoms with van der Waals surface area (Å²) in [4.78, 5) is 0.00522. The molecule has 0 aliphatic rings. The van der Waals surface area contributed by atoms with E-state index in [1.165, 1.54) is 24.3 Å². The molecular formula is C8H12ClNO6S2. The third kappa shape index (κ3) is 5.65. The number of rotatable bonds is 5. The van der Waals surface area contributed by atoms with E-state index in [0.29, 0.717) is 5.69 Å². The molecule has 0 radical (unpaired) electrons. The molecule has 1 aromatic carbocycles. The van der Waals surface area contributed by atoms with Gasteiger partial charge in [0.2, 0.25) is 0 Å². The lowest BCUT2D eigenvalue weighted by Gasteiger charge is -2.04. The van der Waals surface area contributed by atoms with Crippen molar-refractivity contribution in [1.82, 2.24) is 0 Å². The van der Waals surface area contributed by atoms with Crippen LogP contribution < -0.4 is 5.73 Å². The van der Waals surface area contributed by atoms with E-state index in [1.54, 1.807) is 0 Å². The fraction of sp³-hybridized carbons (Fsp3) is 0.250. The molecule has 0 fully saturated rings. The van der Waals surface area contributed by atoms with Crippen molar-refractivity contribution in [2.45, 2.75) is 4.90 Å². The first-order chi connectivity index (χ1) is 7.71. The molecule has 0 bridgehead atoms. The molecule has 0 unspecified atom stereocenters. The third-order valence-electron chi connectivity index (χ3n) is 1.82. The molecule has 0 aliphatic carbocycles. The molecule has 0 saturated heterocycles. The van der Waals surface area contributed by atoms with E-state index >= 15 is 0 Å². The van der Waals surface area contributed by atoms with E-state index in [-0.39, 0.29) is 17.3 Å². The summed E-state index contributed by atoms with van der Waals surface area (Å²) in [6.45, 7) is -0.647. The van der Waals surface area contributed by atoms with E-state index in [2.05, 4.69) is 4.18 Å². The van der Waals surface area contributed by atoms with Crippen LogP contribution in [0.5, 0.6) is 0 Å². The van der Waals surface area contributed by atoms with Gasteiger partial charge in [-0.1, -0.05) is 0 Å². The fourth-order valence-electron chi connectivity index (χ4n) is 1.04. The SMILES string of the molecule is Cl.Nc1ccc(S(=O)(=O)CCOS(=O)(=O)O)cc1. The minimum absolute atomic E-state index is 0. The van der Waals surface area contributed by atoms with Gasteiger partial charge in [-0.15, -0.1) is 12.4 Å². The van der Waals surface area contributed by atoms with Crippen LogP contribution in [0.25, 0.3) is 0 Å². The van der Waals surface area contributed by atoms with Crippen molar-refractivity contribution in [3.05, 3.63) is 24.3 Å². The number of nitrogens with two attached hydrogens (primary N) is 1. The zero-order chi connectivity index (χ0) is 13.1. The first kappa shape index (κ1) is 17.1. The number of halogens is 1. The van der Waals surface area contributed by atoms with E-state index in [0.717, 1.165) is 0 Å². The minimum atomic E-state index is -4.62. The van der Waals surface area contributed by atoms with Gasteiger partial charge in [-0.2, -0.15) is 8.42 Å². The molecule has 3 N–H and O–H groups in total. The summed E-state index contributed by atoms with van der Waals surface area (Å²) in [5.74, 6) is -0.559. The Morgan fingerprint density at radius 3 is 2.06 bits per heavy atom. The second-order valence-corrected chi connectivity index (χ2v) is 6.34. The first-order valence-electron chi connectivity index (χ1n) is 4.41. The zero-order valence-electron chi connectivity index (χ0n) is 9.01. The average molecular weight is 318 g/mol. The second-order valence-electron chi connectivity index (χ2n) is 3.14. The standard InChI is InChI=1S/C8H11NO6S2.ClH/c9-7-1-3-8(4-2-7)16(10,11)6-5-15-17(12,13)14;/h1-4H,5-6,9H2,(H,12,13,14);1H. The maximum atomic E-state index is 11.6. The van der Waals surface area contributed by atoms with Gasteiger partial charge in [-0.3, -0.25) is 4.55 Å². The molecule has 0 aromatic heterocycles. The van der Waals surface area contributed by atoms with Crippen molar-refractivity contribution in [3.8, 4) is 0 Å². The van der Waals surface area contributed by atoms with Crippen molar-refractivity contribution in [3.63, 3.8) is 0 Å². The lowest BCUT2D eigenvalue weighted by molar-refractivity contribution is 0.284. The minimum Gasteiger partial charge on any atom is -0.399 e. The summed E-state index contributed by atoms with van der Waals surface area (Å²) in [5.41, 5.74) is 5.81. The van der Waals surface area contributed by atoms with Gasteiger partial charge in [0, 0.05) is 5.69 Å². The Kier molecular flexibility index (Phi) is 6.04. The molecule has 0 spiro atoms. The highest BCUT2D eigenvalue weighted by Crippen LogP contribution is 2.13. The Labute approximate surface area is 111 Å². The van der Waals surface area contributed by atoms with Gasteiger partial charge in [0.25, 0.3) is 0 Å². The molecule has 0 amide bonds. The molecule has 7 nitrogen and oxygen atoms in total. The number of nitrogen functional groups attached to an aromatic ring is 1. The van der Waals surface area contributed by atoms with Crippen LogP contribution in [-0.2, 0) is 24.4 Å². The summed E-state index contributed by atoms with van der Waals surface area (Å²) in [7, 11) is -8.28. The highest BCUT2D eigenvalue weighted by Gasteiger charge is 2.16. The Bertz CT molecular complexity index is 581. The van der Waals surface area contributed by atoms with Crippen LogP contribution in [0.1, 0.15) is 0 Å². The lowest BCUT2D eigenvalue weighted by Crippen LogP contribution is -2.15. The molecule has 1 aromatic rings. The van der Waals surface area contributed by atoms with Crippen molar-refractivity contribution in [2.24, 2.45) is 0 Å². The maximum absolute atomic E-state index is 11.6. The highest BCUT2D eigenvalue weighted by atomic mass is 35.5. The van der Waals surface area contributed by atoms with Crippen LogP contribution in [0, 0.1) is 0 Å². The number of hydrogen-bond acceptors (Lipinski definition) is 6. The summed E-state index contributed by atoms with van der Waals surface area (Å²) < 4.78 is 55.9. The van der Waals surface area contributed by atoms with Gasteiger partial charge in [0.15, 0.2) is 9.84 Å². The van der Waals surface area contributed by atoms with Crippen molar-refractivity contribution < 1.29 is 25.6 Å². The average Bonchev–Trinajstić information content (AvgIpc) is 2.15. The van der Waals surface area contributed by atoms with Gasteiger partial charge in [-0.05, 0) is 24.3 Å². The molecule has 10 heteroatoms. The number of sulfone groups is 1. The smallest absolute Gasteiger partial charge is 0.397 e. The monoisotopic (exact) mass is 317 g/mol. The Balaban J connectivity index is 0.00000289. The first-order valence-corrected chi connectivity index (χ1v) is 7.42. The van der Waals surface area contributed by atoms with E-state index in [1.807, 2.05) is 0 Å². The molecule has 0 aliphatic heterocycles. The topological polar surface area (TPSA) is 124 Å². The molecule has 0 atom stereocenters. The van der Waals surface area contributed by atoms with Crippen LogP contribution in [0.4, 0.5) is 5.69 Å². The molecule has 1 rings (SSSR count). The van der Waals surface area contributed by atoms with E-state index in [4.69, 9.17) is 10.3 Å². The molecule has 0 heterocycles. The lowest BCUT2D eigenvalue weighted by atomic mass is 10.3. The maximum Gasteiger partial charge on any atom is 0.397 e. The van der Waals surface area contributed by atoms with Crippen LogP contribution in [0.2, 0.25) is 0 Å². The van der Waals surface area contributed by atoms with Gasteiger partial charge in [0.05, 0.1) is 17.3 Å². The summed E-state index contributed by atoms with van der Waals surface area (Å²) in [5, 5.41) is 0. The predicted octanol–water partition coefficient (Wildman–Crippen LogP) is 0.284. The van der Waals surface area contributed by atoms with Crippen LogP contribution in [0.15, 0.2) is 29.2 Å². The van der Waals surface area contributed by atoms with Crippen molar-refractivity contribution in [1.29, 1.82) is 0 Å². The van der Waals surface area contributed by atoms with E-state index in [9.17, 15) is 16.8 Å². The normalized spacial score (nSPS) is 11.8. The fourth-order valence-corrected chi connectivity index (χ4v) is 2.53. The van der Waals surface area contributed by atoms with Gasteiger partial charge >= 0.3 is 10.4 Å². The van der Waals surface area contributed by atoms with Crippen molar-refractivity contribution >= 4 is 38.3 Å². The third-order valence-corrected chi connectivity index (χ3v) is 3.98. The van der Waals surface area contributed by atoms with Crippen LogP contribution in [-0.4, -0.2) is 33.7 Å². The summed E-state index contributed by atoms with van der Waals surface area (Å²) >= 11 is 0. The largest absolute Gasteiger partial charge is 0.399 e.